The van der Waals surface area contributed by atoms with Crippen molar-refractivity contribution in [3.05, 3.63) is 53.6 Å². The highest BCUT2D eigenvalue weighted by atomic mass is 32.2. The largest absolute Gasteiger partial charge is 0.492 e. The van der Waals surface area contributed by atoms with Gasteiger partial charge in [-0.25, -0.2) is 8.42 Å². The Morgan fingerprint density at radius 2 is 1.65 bits per heavy atom. The van der Waals surface area contributed by atoms with Crippen molar-refractivity contribution < 1.29 is 13.2 Å². The molecule has 2 aromatic carbocycles. The Bertz CT molecular complexity index is 922. The highest BCUT2D eigenvalue weighted by Gasteiger charge is 2.26. The van der Waals surface area contributed by atoms with Crippen molar-refractivity contribution in [1.82, 2.24) is 0 Å². The summed E-state index contributed by atoms with van der Waals surface area (Å²) in [6.45, 7) is 9.11. The lowest BCUT2D eigenvalue weighted by Crippen LogP contribution is -2.20. The lowest BCUT2D eigenvalue weighted by Gasteiger charge is -2.26. The maximum Gasteiger partial charge on any atom is 0.265 e. The average Bonchev–Trinajstić information content (AvgIpc) is 2.74. The Labute approximate surface area is 194 Å². The van der Waals surface area contributed by atoms with Crippen LogP contribution in [-0.2, 0) is 21.2 Å². The standard InChI is InChI=1S/C25H36NO3S2/c1-5-7-9-16-25(3,4)21-12-15-23(29-17-8-6-2)24(18-21)31(27,28)26-22-13-10-20(19-30)11-14-22/h10-15,18,26H,5-9,16-17,19H2,1-4H3. The second-order valence-electron chi connectivity index (χ2n) is 8.65. The van der Waals surface area contributed by atoms with Gasteiger partial charge in [-0.2, -0.15) is 0 Å². The van der Waals surface area contributed by atoms with Crippen molar-refractivity contribution in [3.8, 4) is 5.75 Å². The predicted molar refractivity (Wildman–Crippen MR) is 133 cm³/mol. The van der Waals surface area contributed by atoms with Gasteiger partial charge in [-0.05, 0) is 53.6 Å². The SMILES string of the molecule is CCCCCC(C)(C)c1ccc(OCCCC)c(S(=O)(=O)Nc2ccc(C[S])cc2)c1. The Balaban J connectivity index is 2.38. The van der Waals surface area contributed by atoms with Crippen molar-refractivity contribution in [2.45, 2.75) is 82.3 Å². The summed E-state index contributed by atoms with van der Waals surface area (Å²) in [6, 6.07) is 12.8. The van der Waals surface area contributed by atoms with Crippen molar-refractivity contribution in [2.24, 2.45) is 0 Å². The Hall–Kier alpha value is -1.66. The molecule has 1 radical (unpaired) electrons. The summed E-state index contributed by atoms with van der Waals surface area (Å²) in [6.07, 6.45) is 6.32. The molecule has 0 saturated carbocycles. The minimum absolute atomic E-state index is 0.119. The number of ether oxygens (including phenoxy) is 1. The highest BCUT2D eigenvalue weighted by molar-refractivity contribution is 7.92. The average molecular weight is 463 g/mol. The Kier molecular flexibility index (Phi) is 9.76. The molecule has 0 atom stereocenters. The first-order valence-corrected chi connectivity index (χ1v) is 13.3. The molecule has 0 bridgehead atoms. The van der Waals surface area contributed by atoms with Gasteiger partial charge in [0.2, 0.25) is 0 Å². The highest BCUT2D eigenvalue weighted by Crippen LogP contribution is 2.35. The van der Waals surface area contributed by atoms with Gasteiger partial charge < -0.3 is 4.74 Å². The molecule has 0 aliphatic rings. The summed E-state index contributed by atoms with van der Waals surface area (Å²) >= 11 is 5.05. The molecular formula is C25H36NO3S2. The van der Waals surface area contributed by atoms with Crippen LogP contribution in [0.3, 0.4) is 0 Å². The van der Waals surface area contributed by atoms with Gasteiger partial charge in [0.1, 0.15) is 10.6 Å². The molecule has 6 heteroatoms. The van der Waals surface area contributed by atoms with Crippen LogP contribution in [0.15, 0.2) is 47.4 Å². The van der Waals surface area contributed by atoms with Crippen LogP contribution in [-0.4, -0.2) is 15.0 Å². The van der Waals surface area contributed by atoms with Gasteiger partial charge in [-0.1, -0.05) is 84.2 Å². The van der Waals surface area contributed by atoms with Crippen LogP contribution in [0.1, 0.15) is 77.3 Å². The van der Waals surface area contributed by atoms with Crippen LogP contribution in [0.2, 0.25) is 0 Å². The smallest absolute Gasteiger partial charge is 0.265 e. The van der Waals surface area contributed by atoms with E-state index in [2.05, 4.69) is 32.4 Å². The minimum Gasteiger partial charge on any atom is -0.492 e. The molecule has 0 heterocycles. The maximum absolute atomic E-state index is 13.3. The van der Waals surface area contributed by atoms with Crippen LogP contribution < -0.4 is 9.46 Å². The molecule has 171 valence electrons. The molecular weight excluding hydrogens is 426 g/mol. The summed E-state index contributed by atoms with van der Waals surface area (Å²) in [4.78, 5) is 0.192. The van der Waals surface area contributed by atoms with E-state index in [1.165, 1.54) is 6.42 Å². The number of sulfonamides is 1. The number of anilines is 1. The van der Waals surface area contributed by atoms with E-state index < -0.39 is 10.0 Å². The summed E-state index contributed by atoms with van der Waals surface area (Å²) in [7, 11) is -3.81. The topological polar surface area (TPSA) is 55.4 Å². The van der Waals surface area contributed by atoms with Crippen molar-refractivity contribution in [1.29, 1.82) is 0 Å². The maximum atomic E-state index is 13.3. The van der Waals surface area contributed by atoms with E-state index in [1.54, 1.807) is 24.3 Å². The second-order valence-corrected chi connectivity index (χ2v) is 10.6. The number of hydrogen-bond acceptors (Lipinski definition) is 3. The third-order valence-electron chi connectivity index (χ3n) is 5.55. The number of hydrogen-bond donors (Lipinski definition) is 1. The van der Waals surface area contributed by atoms with Crippen LogP contribution in [0.5, 0.6) is 5.75 Å². The van der Waals surface area contributed by atoms with Crippen molar-refractivity contribution in [2.75, 3.05) is 11.3 Å². The van der Waals surface area contributed by atoms with Crippen LogP contribution in [0.25, 0.3) is 0 Å². The fourth-order valence-corrected chi connectivity index (χ4v) is 4.85. The molecule has 0 fully saturated rings. The summed E-state index contributed by atoms with van der Waals surface area (Å²) < 4.78 is 35.3. The van der Waals surface area contributed by atoms with Gasteiger partial charge in [-0.3, -0.25) is 4.72 Å². The van der Waals surface area contributed by atoms with E-state index in [-0.39, 0.29) is 10.3 Å². The molecule has 2 aromatic rings. The Morgan fingerprint density at radius 3 is 2.26 bits per heavy atom. The molecule has 0 aromatic heterocycles. The van der Waals surface area contributed by atoms with E-state index in [0.717, 1.165) is 43.2 Å². The lowest BCUT2D eigenvalue weighted by molar-refractivity contribution is 0.301. The van der Waals surface area contributed by atoms with E-state index in [1.807, 2.05) is 18.2 Å². The first kappa shape index (κ1) is 25.6. The molecule has 0 amide bonds. The van der Waals surface area contributed by atoms with Gasteiger partial charge >= 0.3 is 0 Å². The second kappa shape index (κ2) is 11.8. The molecule has 4 nitrogen and oxygen atoms in total. The van der Waals surface area contributed by atoms with E-state index in [4.69, 9.17) is 17.4 Å². The quantitative estimate of drug-likeness (QED) is 0.320. The first-order chi connectivity index (χ1) is 14.7. The zero-order chi connectivity index (χ0) is 22.9. The third kappa shape index (κ3) is 7.46. The fourth-order valence-electron chi connectivity index (χ4n) is 3.43. The zero-order valence-electron chi connectivity index (χ0n) is 19.2. The number of unbranched alkanes of at least 4 members (excludes halogenated alkanes) is 3. The molecule has 0 saturated heterocycles. The summed E-state index contributed by atoms with van der Waals surface area (Å²) in [5.74, 6) is 0.897. The van der Waals surface area contributed by atoms with E-state index in [0.29, 0.717) is 23.8 Å². The van der Waals surface area contributed by atoms with E-state index in [9.17, 15) is 8.42 Å². The summed E-state index contributed by atoms with van der Waals surface area (Å²) in [5.41, 5.74) is 2.39. The lowest BCUT2D eigenvalue weighted by atomic mass is 9.80. The molecule has 0 spiro atoms. The van der Waals surface area contributed by atoms with Crippen molar-refractivity contribution in [3.63, 3.8) is 0 Å². The first-order valence-electron chi connectivity index (χ1n) is 11.2. The number of nitrogens with one attached hydrogen (secondary N) is 1. The molecule has 0 unspecified atom stereocenters. The van der Waals surface area contributed by atoms with E-state index >= 15 is 0 Å². The van der Waals surface area contributed by atoms with Crippen LogP contribution in [0.4, 0.5) is 5.69 Å². The molecule has 2 rings (SSSR count). The molecule has 1 N–H and O–H groups in total. The third-order valence-corrected chi connectivity index (χ3v) is 7.28. The van der Waals surface area contributed by atoms with Gasteiger partial charge in [-0.15, -0.1) is 0 Å². The van der Waals surface area contributed by atoms with Gasteiger partial charge in [0, 0.05) is 11.4 Å². The predicted octanol–water partition coefficient (Wildman–Crippen LogP) is 7.22. The normalized spacial score (nSPS) is 12.0. The zero-order valence-corrected chi connectivity index (χ0v) is 20.9. The van der Waals surface area contributed by atoms with Gasteiger partial charge in [0.15, 0.2) is 0 Å². The summed E-state index contributed by atoms with van der Waals surface area (Å²) in [5, 5.41) is 0. The molecule has 31 heavy (non-hydrogen) atoms. The molecule has 0 aliphatic heterocycles. The van der Waals surface area contributed by atoms with Gasteiger partial charge in [0.05, 0.1) is 6.61 Å². The number of rotatable bonds is 13. The van der Waals surface area contributed by atoms with Crippen molar-refractivity contribution >= 4 is 28.3 Å². The Morgan fingerprint density at radius 1 is 0.968 bits per heavy atom. The van der Waals surface area contributed by atoms with Crippen LogP contribution in [0, 0.1) is 0 Å². The number of benzene rings is 2. The van der Waals surface area contributed by atoms with Gasteiger partial charge in [0.25, 0.3) is 10.0 Å². The van der Waals surface area contributed by atoms with Crippen LogP contribution >= 0.6 is 12.6 Å². The minimum atomic E-state index is -3.81. The molecule has 0 aliphatic carbocycles. The fraction of sp³-hybridized carbons (Fsp3) is 0.520. The monoisotopic (exact) mass is 462 g/mol.